The number of fused-ring (bicyclic) bond motifs is 1. The molecule has 1 atom stereocenters. The minimum absolute atomic E-state index is 0.114. The van der Waals surface area contributed by atoms with Gasteiger partial charge >= 0.3 is 0 Å². The summed E-state index contributed by atoms with van der Waals surface area (Å²) in [6, 6.07) is 6.18. The van der Waals surface area contributed by atoms with Crippen LogP contribution >= 0.6 is 27.3 Å². The molecule has 4 aromatic heterocycles. The SMILES string of the molecule is N#CCC(c1cncc(Br)c1)c1ncc(-c2ncnc3[nH]ccc23)s1. The van der Waals surface area contributed by atoms with Gasteiger partial charge in [0.15, 0.2) is 0 Å². The number of hydrogen-bond acceptors (Lipinski definition) is 6. The van der Waals surface area contributed by atoms with E-state index in [2.05, 4.69) is 46.9 Å². The summed E-state index contributed by atoms with van der Waals surface area (Å²) >= 11 is 4.98. The smallest absolute Gasteiger partial charge is 0.141 e. The third-order valence-corrected chi connectivity index (χ3v) is 5.38. The summed E-state index contributed by atoms with van der Waals surface area (Å²) in [5.41, 5.74) is 2.61. The lowest BCUT2D eigenvalue weighted by molar-refractivity contribution is 0.820. The minimum atomic E-state index is -0.114. The Bertz CT molecular complexity index is 1080. The summed E-state index contributed by atoms with van der Waals surface area (Å²) in [4.78, 5) is 21.4. The van der Waals surface area contributed by atoms with Crippen molar-refractivity contribution in [3.8, 4) is 16.6 Å². The second-order valence-corrected chi connectivity index (χ2v) is 7.35. The van der Waals surface area contributed by atoms with Gasteiger partial charge in [-0.15, -0.1) is 11.3 Å². The normalized spacial score (nSPS) is 12.2. The van der Waals surface area contributed by atoms with Crippen LogP contribution in [-0.2, 0) is 0 Å². The fraction of sp³-hybridized carbons (Fsp3) is 0.118. The zero-order valence-electron chi connectivity index (χ0n) is 12.8. The van der Waals surface area contributed by atoms with Gasteiger partial charge in [-0.05, 0) is 33.6 Å². The molecule has 0 aliphatic heterocycles. The van der Waals surface area contributed by atoms with Gasteiger partial charge < -0.3 is 4.98 Å². The highest BCUT2D eigenvalue weighted by Crippen LogP contribution is 2.36. The number of thiazole rings is 1. The number of nitrogens with one attached hydrogen (secondary N) is 1. The largest absolute Gasteiger partial charge is 0.346 e. The highest BCUT2D eigenvalue weighted by atomic mass is 79.9. The topological polar surface area (TPSA) is 91.1 Å². The molecule has 1 unspecified atom stereocenters. The molecule has 0 bridgehead atoms. The van der Waals surface area contributed by atoms with Crippen molar-refractivity contribution >= 4 is 38.3 Å². The highest BCUT2D eigenvalue weighted by Gasteiger charge is 2.20. The molecule has 0 radical (unpaired) electrons. The van der Waals surface area contributed by atoms with E-state index in [0.29, 0.717) is 6.42 Å². The summed E-state index contributed by atoms with van der Waals surface area (Å²) in [6.45, 7) is 0. The van der Waals surface area contributed by atoms with Crippen molar-refractivity contribution in [1.82, 2.24) is 24.9 Å². The molecular weight excluding hydrogens is 400 g/mol. The molecule has 1 N–H and O–H groups in total. The third-order valence-electron chi connectivity index (χ3n) is 3.83. The lowest BCUT2D eigenvalue weighted by Gasteiger charge is -2.10. The van der Waals surface area contributed by atoms with E-state index >= 15 is 0 Å². The number of aromatic amines is 1. The molecular formula is C17H11BrN6S. The Morgan fingerprint density at radius 3 is 3.00 bits per heavy atom. The fourth-order valence-electron chi connectivity index (χ4n) is 2.68. The molecule has 4 rings (SSSR count). The molecule has 25 heavy (non-hydrogen) atoms. The van der Waals surface area contributed by atoms with Gasteiger partial charge in [-0.2, -0.15) is 5.26 Å². The van der Waals surface area contributed by atoms with Crippen LogP contribution in [0.4, 0.5) is 0 Å². The molecule has 0 spiro atoms. The highest BCUT2D eigenvalue weighted by molar-refractivity contribution is 9.10. The second-order valence-electron chi connectivity index (χ2n) is 5.38. The van der Waals surface area contributed by atoms with Crippen LogP contribution in [0.1, 0.15) is 22.9 Å². The van der Waals surface area contributed by atoms with E-state index in [0.717, 1.165) is 36.6 Å². The Labute approximate surface area is 155 Å². The number of H-pyrrole nitrogens is 1. The maximum atomic E-state index is 9.24. The molecule has 4 heterocycles. The quantitative estimate of drug-likeness (QED) is 0.541. The molecule has 6 nitrogen and oxygen atoms in total. The Kier molecular flexibility index (Phi) is 4.26. The average Bonchev–Trinajstić information content (AvgIpc) is 3.28. The van der Waals surface area contributed by atoms with E-state index < -0.39 is 0 Å². The summed E-state index contributed by atoms with van der Waals surface area (Å²) < 4.78 is 0.884. The minimum Gasteiger partial charge on any atom is -0.346 e. The first-order valence-electron chi connectivity index (χ1n) is 7.48. The summed E-state index contributed by atoms with van der Waals surface area (Å²) in [6.07, 6.45) is 9.04. The van der Waals surface area contributed by atoms with Crippen molar-refractivity contribution < 1.29 is 0 Å². The molecule has 0 aliphatic rings. The molecule has 0 saturated carbocycles. The van der Waals surface area contributed by atoms with Gasteiger partial charge in [-0.25, -0.2) is 15.0 Å². The fourth-order valence-corrected chi connectivity index (χ4v) is 4.12. The van der Waals surface area contributed by atoms with E-state index in [1.54, 1.807) is 30.1 Å². The Morgan fingerprint density at radius 2 is 2.16 bits per heavy atom. The van der Waals surface area contributed by atoms with Gasteiger partial charge in [0, 0.05) is 41.1 Å². The van der Waals surface area contributed by atoms with Crippen LogP contribution in [0.2, 0.25) is 0 Å². The lowest BCUT2D eigenvalue weighted by Crippen LogP contribution is -2.00. The van der Waals surface area contributed by atoms with Gasteiger partial charge in [0.1, 0.15) is 17.0 Å². The third kappa shape index (κ3) is 3.04. The van der Waals surface area contributed by atoms with Crippen LogP contribution in [0.5, 0.6) is 0 Å². The van der Waals surface area contributed by atoms with Crippen LogP contribution in [0.3, 0.4) is 0 Å². The molecule has 8 heteroatoms. The van der Waals surface area contributed by atoms with Crippen LogP contribution in [0.15, 0.2) is 47.7 Å². The maximum absolute atomic E-state index is 9.24. The first-order chi connectivity index (χ1) is 12.3. The monoisotopic (exact) mass is 410 g/mol. The summed E-state index contributed by atoms with van der Waals surface area (Å²) in [5, 5.41) is 11.1. The Balaban J connectivity index is 1.76. The number of pyridine rings is 1. The van der Waals surface area contributed by atoms with Crippen molar-refractivity contribution in [2.45, 2.75) is 12.3 Å². The van der Waals surface area contributed by atoms with Crippen molar-refractivity contribution in [1.29, 1.82) is 5.26 Å². The van der Waals surface area contributed by atoms with E-state index in [9.17, 15) is 5.26 Å². The van der Waals surface area contributed by atoms with Crippen LogP contribution in [-0.4, -0.2) is 24.9 Å². The molecule has 4 aromatic rings. The predicted molar refractivity (Wildman–Crippen MR) is 99.0 cm³/mol. The van der Waals surface area contributed by atoms with Crippen molar-refractivity contribution in [2.75, 3.05) is 0 Å². The van der Waals surface area contributed by atoms with E-state index in [4.69, 9.17) is 0 Å². The van der Waals surface area contributed by atoms with Gasteiger partial charge in [-0.1, -0.05) is 0 Å². The summed E-state index contributed by atoms with van der Waals surface area (Å²) in [5.74, 6) is -0.114. The zero-order chi connectivity index (χ0) is 17.2. The number of aromatic nitrogens is 5. The van der Waals surface area contributed by atoms with Crippen LogP contribution < -0.4 is 0 Å². The summed E-state index contributed by atoms with van der Waals surface area (Å²) in [7, 11) is 0. The number of nitriles is 1. The zero-order valence-corrected chi connectivity index (χ0v) is 15.3. The molecule has 0 fully saturated rings. The number of hydrogen-bond donors (Lipinski definition) is 1. The van der Waals surface area contributed by atoms with Gasteiger partial charge in [0.05, 0.1) is 22.6 Å². The van der Waals surface area contributed by atoms with Crippen molar-refractivity contribution in [3.63, 3.8) is 0 Å². The van der Waals surface area contributed by atoms with Gasteiger partial charge in [0.25, 0.3) is 0 Å². The Hall–Kier alpha value is -2.63. The maximum Gasteiger partial charge on any atom is 0.141 e. The Morgan fingerprint density at radius 1 is 1.24 bits per heavy atom. The second kappa shape index (κ2) is 6.70. The average molecular weight is 411 g/mol. The standard InChI is InChI=1S/C17H11BrN6S/c18-11-5-10(6-20-7-11)12(1-3-19)17-22-8-14(25-17)15-13-2-4-21-16(13)24-9-23-15/h2,4-9,12H,1H2,(H,21,23,24). The number of rotatable bonds is 4. The number of nitrogens with zero attached hydrogens (tertiary/aromatic N) is 5. The van der Waals surface area contributed by atoms with E-state index in [1.807, 2.05) is 24.5 Å². The van der Waals surface area contributed by atoms with Crippen molar-refractivity contribution in [3.05, 3.63) is 58.3 Å². The van der Waals surface area contributed by atoms with Gasteiger partial charge in [0.2, 0.25) is 0 Å². The molecule has 0 amide bonds. The molecule has 0 aliphatic carbocycles. The first-order valence-corrected chi connectivity index (χ1v) is 9.09. The molecule has 122 valence electrons. The van der Waals surface area contributed by atoms with Crippen molar-refractivity contribution in [2.24, 2.45) is 0 Å². The first kappa shape index (κ1) is 15.9. The predicted octanol–water partition coefficient (Wildman–Crippen LogP) is 4.28. The lowest BCUT2D eigenvalue weighted by atomic mass is 9.99. The van der Waals surface area contributed by atoms with Gasteiger partial charge in [-0.3, -0.25) is 4.98 Å². The molecule has 0 aromatic carbocycles. The molecule has 0 saturated heterocycles. The van der Waals surface area contributed by atoms with E-state index in [1.165, 1.54) is 0 Å². The van der Waals surface area contributed by atoms with E-state index in [-0.39, 0.29) is 5.92 Å². The van der Waals surface area contributed by atoms with Crippen LogP contribution in [0.25, 0.3) is 21.6 Å². The van der Waals surface area contributed by atoms with Crippen LogP contribution in [0, 0.1) is 11.3 Å². The number of halogens is 1.